The molecule has 0 spiro atoms. The normalized spacial score (nSPS) is 10.8. The van der Waals surface area contributed by atoms with Crippen molar-refractivity contribution in [2.24, 2.45) is 5.92 Å². The van der Waals surface area contributed by atoms with Crippen molar-refractivity contribution in [2.45, 2.75) is 33.2 Å². The second-order valence-electron chi connectivity index (χ2n) is 6.71. The van der Waals surface area contributed by atoms with Gasteiger partial charge in [-0.05, 0) is 54.5 Å². The zero-order valence-electron chi connectivity index (χ0n) is 15.3. The molecule has 3 aromatic rings. The van der Waals surface area contributed by atoms with Crippen LogP contribution in [0.5, 0.6) is 5.75 Å². The third kappa shape index (κ3) is 4.34. The molecular weight excluding hydrogens is 324 g/mol. The highest BCUT2D eigenvalue weighted by Crippen LogP contribution is 2.22. The van der Waals surface area contributed by atoms with Crippen molar-refractivity contribution in [1.29, 1.82) is 0 Å². The Morgan fingerprint density at radius 1 is 1.19 bits per heavy atom. The van der Waals surface area contributed by atoms with E-state index < -0.39 is 0 Å². The molecule has 2 aromatic heterocycles. The Hall–Kier alpha value is -3.00. The van der Waals surface area contributed by atoms with Gasteiger partial charge in [-0.15, -0.1) is 11.5 Å². The Morgan fingerprint density at radius 2 is 2.00 bits per heavy atom. The number of ether oxygens (including phenoxy) is 1. The van der Waals surface area contributed by atoms with Gasteiger partial charge >= 0.3 is 0 Å². The summed E-state index contributed by atoms with van der Waals surface area (Å²) in [5.74, 6) is 4.19. The Bertz CT molecular complexity index is 868. The van der Waals surface area contributed by atoms with Gasteiger partial charge in [0, 0.05) is 12.7 Å². The van der Waals surface area contributed by atoms with Crippen LogP contribution in [0.25, 0.3) is 11.4 Å². The summed E-state index contributed by atoms with van der Waals surface area (Å²) in [6.07, 6.45) is 9.78. The lowest BCUT2D eigenvalue weighted by molar-refractivity contribution is 0.297. The first-order valence-corrected chi connectivity index (χ1v) is 8.92. The van der Waals surface area contributed by atoms with Gasteiger partial charge in [0.2, 0.25) is 0 Å². The largest absolute Gasteiger partial charge is 0.494 e. The molecule has 0 aliphatic rings. The van der Waals surface area contributed by atoms with Gasteiger partial charge in [-0.2, -0.15) is 10.3 Å². The van der Waals surface area contributed by atoms with Crippen molar-refractivity contribution in [3.63, 3.8) is 0 Å². The highest BCUT2D eigenvalue weighted by Gasteiger charge is 2.12. The van der Waals surface area contributed by atoms with Crippen LogP contribution in [-0.4, -0.2) is 26.6 Å². The molecule has 0 amide bonds. The predicted molar refractivity (Wildman–Crippen MR) is 103 cm³/mol. The second kappa shape index (κ2) is 8.39. The fourth-order valence-corrected chi connectivity index (χ4v) is 2.85. The fraction of sp³-hybridized carbons (Fsp3) is 0.333. The van der Waals surface area contributed by atoms with Crippen LogP contribution in [0.1, 0.15) is 37.9 Å². The van der Waals surface area contributed by atoms with E-state index in [0.29, 0.717) is 11.4 Å². The molecular formula is C21H24N4O. The highest BCUT2D eigenvalue weighted by molar-refractivity contribution is 5.61. The van der Waals surface area contributed by atoms with E-state index in [-0.39, 0.29) is 0 Å². The molecule has 0 bridgehead atoms. The predicted octanol–water partition coefficient (Wildman–Crippen LogP) is 4.12. The van der Waals surface area contributed by atoms with Crippen molar-refractivity contribution in [3.05, 3.63) is 53.9 Å². The summed E-state index contributed by atoms with van der Waals surface area (Å²) in [4.78, 5) is 0. The second-order valence-corrected chi connectivity index (χ2v) is 6.71. The first-order chi connectivity index (χ1) is 12.7. The minimum Gasteiger partial charge on any atom is -0.494 e. The molecule has 3 rings (SSSR count). The van der Waals surface area contributed by atoms with Gasteiger partial charge < -0.3 is 9.30 Å². The average Bonchev–Trinajstić information content (AvgIpc) is 3.28. The summed E-state index contributed by atoms with van der Waals surface area (Å²) in [5.41, 5.74) is 3.35. The zero-order chi connectivity index (χ0) is 18.4. The van der Waals surface area contributed by atoms with Crippen LogP contribution in [-0.2, 0) is 6.54 Å². The molecule has 0 aliphatic carbocycles. The molecule has 5 nitrogen and oxygen atoms in total. The van der Waals surface area contributed by atoms with Crippen molar-refractivity contribution in [2.75, 3.05) is 6.61 Å². The van der Waals surface area contributed by atoms with Crippen LogP contribution in [0.15, 0.2) is 42.6 Å². The number of H-pyrrole nitrogens is 1. The molecule has 0 saturated heterocycles. The maximum atomic E-state index is 5.81. The van der Waals surface area contributed by atoms with Crippen LogP contribution in [0.4, 0.5) is 0 Å². The number of benzene rings is 1. The van der Waals surface area contributed by atoms with Crippen LogP contribution < -0.4 is 4.74 Å². The maximum Gasteiger partial charge on any atom is 0.164 e. The topological polar surface area (TPSA) is 55.7 Å². The van der Waals surface area contributed by atoms with E-state index in [0.717, 1.165) is 36.9 Å². The average molecular weight is 348 g/mol. The number of rotatable bonds is 8. The number of aromatic amines is 1. The number of terminal acetylenes is 1. The smallest absolute Gasteiger partial charge is 0.164 e. The number of aromatic nitrogens is 4. The molecule has 134 valence electrons. The molecule has 0 aliphatic heterocycles. The molecule has 0 saturated carbocycles. The Balaban J connectivity index is 1.64. The van der Waals surface area contributed by atoms with E-state index in [2.05, 4.69) is 51.9 Å². The number of hydrogen-bond donors (Lipinski definition) is 1. The maximum absolute atomic E-state index is 5.81. The fourth-order valence-electron chi connectivity index (χ4n) is 2.85. The third-order valence-corrected chi connectivity index (χ3v) is 4.23. The van der Waals surface area contributed by atoms with E-state index in [9.17, 15) is 0 Å². The standard InChI is InChI=1S/C21H24N4O/c1-4-19-21(23-24-22-19)20-8-5-13-25(20)15-17-9-11-18(12-10-17)26-14-6-7-16(2)3/h1,5,8-13,16H,6-7,14-15H2,2-3H3,(H,22,23,24). The van der Waals surface area contributed by atoms with Crippen LogP contribution in [0, 0.1) is 18.3 Å². The van der Waals surface area contributed by atoms with Gasteiger partial charge in [-0.25, -0.2) is 0 Å². The van der Waals surface area contributed by atoms with Crippen molar-refractivity contribution in [1.82, 2.24) is 20.0 Å². The minimum atomic E-state index is 0.523. The molecule has 26 heavy (non-hydrogen) atoms. The Morgan fingerprint density at radius 3 is 2.73 bits per heavy atom. The minimum absolute atomic E-state index is 0.523. The SMILES string of the molecule is C#Cc1n[nH]nc1-c1cccn1Cc1ccc(OCCCC(C)C)cc1. The van der Waals surface area contributed by atoms with Gasteiger partial charge in [0.05, 0.1) is 12.3 Å². The van der Waals surface area contributed by atoms with Gasteiger partial charge in [-0.3, -0.25) is 0 Å². The molecule has 5 heteroatoms. The lowest BCUT2D eigenvalue weighted by atomic mass is 10.1. The summed E-state index contributed by atoms with van der Waals surface area (Å²) in [7, 11) is 0. The van der Waals surface area contributed by atoms with Crippen molar-refractivity contribution >= 4 is 0 Å². The van der Waals surface area contributed by atoms with Gasteiger partial charge in [0.25, 0.3) is 0 Å². The lowest BCUT2D eigenvalue weighted by Gasteiger charge is -2.10. The van der Waals surface area contributed by atoms with Crippen LogP contribution in [0.2, 0.25) is 0 Å². The zero-order valence-corrected chi connectivity index (χ0v) is 15.3. The summed E-state index contributed by atoms with van der Waals surface area (Å²) in [6.45, 7) is 5.96. The number of nitrogens with one attached hydrogen (secondary N) is 1. The summed E-state index contributed by atoms with van der Waals surface area (Å²) < 4.78 is 7.92. The van der Waals surface area contributed by atoms with Crippen LogP contribution in [0.3, 0.4) is 0 Å². The van der Waals surface area contributed by atoms with Crippen LogP contribution >= 0.6 is 0 Å². The van der Waals surface area contributed by atoms with E-state index >= 15 is 0 Å². The van der Waals surface area contributed by atoms with Gasteiger partial charge in [-0.1, -0.05) is 26.0 Å². The molecule has 0 unspecified atom stereocenters. The number of nitrogens with zero attached hydrogens (tertiary/aromatic N) is 3. The lowest BCUT2D eigenvalue weighted by Crippen LogP contribution is -2.02. The monoisotopic (exact) mass is 348 g/mol. The summed E-state index contributed by atoms with van der Waals surface area (Å²) in [5, 5.41) is 10.8. The van der Waals surface area contributed by atoms with Gasteiger partial charge in [0.15, 0.2) is 5.69 Å². The Kier molecular flexibility index (Phi) is 5.75. The molecule has 0 fully saturated rings. The molecule has 0 atom stereocenters. The van der Waals surface area contributed by atoms with Crippen molar-refractivity contribution < 1.29 is 4.74 Å². The molecule has 0 radical (unpaired) electrons. The first kappa shape index (κ1) is 17.8. The van der Waals surface area contributed by atoms with E-state index in [4.69, 9.17) is 11.2 Å². The highest BCUT2D eigenvalue weighted by atomic mass is 16.5. The molecule has 1 N–H and O–H groups in total. The first-order valence-electron chi connectivity index (χ1n) is 8.92. The number of hydrogen-bond acceptors (Lipinski definition) is 3. The van der Waals surface area contributed by atoms with E-state index in [1.807, 2.05) is 30.5 Å². The summed E-state index contributed by atoms with van der Waals surface area (Å²) >= 11 is 0. The van der Waals surface area contributed by atoms with E-state index in [1.165, 1.54) is 12.0 Å². The third-order valence-electron chi connectivity index (χ3n) is 4.23. The summed E-state index contributed by atoms with van der Waals surface area (Å²) in [6, 6.07) is 12.2. The molecule has 1 aromatic carbocycles. The van der Waals surface area contributed by atoms with E-state index in [1.54, 1.807) is 0 Å². The quantitative estimate of drug-likeness (QED) is 0.492. The van der Waals surface area contributed by atoms with Crippen molar-refractivity contribution in [3.8, 4) is 29.5 Å². The Labute approximate surface area is 154 Å². The van der Waals surface area contributed by atoms with Gasteiger partial charge in [0.1, 0.15) is 11.4 Å². The molecule has 2 heterocycles.